The first-order valence-corrected chi connectivity index (χ1v) is 8.63. The summed E-state index contributed by atoms with van der Waals surface area (Å²) in [6.45, 7) is 9.59. The molecule has 1 aliphatic rings. The lowest BCUT2D eigenvalue weighted by Crippen LogP contribution is -2.42. The molecule has 1 atom stereocenters. The number of hydrogen-bond donors (Lipinski definition) is 1. The van der Waals surface area contributed by atoms with Crippen LogP contribution >= 0.6 is 0 Å². The van der Waals surface area contributed by atoms with Gasteiger partial charge in [-0.05, 0) is 25.2 Å². The third kappa shape index (κ3) is 4.30. The predicted octanol–water partition coefficient (Wildman–Crippen LogP) is 3.19. The minimum atomic E-state index is 0.320. The Kier molecular flexibility index (Phi) is 6.24. The number of nitrogens with two attached hydrogens (primary N) is 1. The maximum atomic E-state index is 6.15. The second-order valence-electron chi connectivity index (χ2n) is 6.82. The standard InChI is InChI=1S/C17H32N4/c1-4-9-20-13-15(11-19-20)17(10-18)21(12-14(2)3)16-7-5-6-8-16/h11,13-14,16-17H,4-10,12,18H2,1-3H3. The summed E-state index contributed by atoms with van der Waals surface area (Å²) in [6, 6.07) is 1.02. The van der Waals surface area contributed by atoms with Crippen LogP contribution in [0.2, 0.25) is 0 Å². The van der Waals surface area contributed by atoms with Gasteiger partial charge in [0.15, 0.2) is 0 Å². The van der Waals surface area contributed by atoms with Crippen molar-refractivity contribution in [3.05, 3.63) is 18.0 Å². The summed E-state index contributed by atoms with van der Waals surface area (Å²) in [5, 5.41) is 4.50. The molecule has 4 heteroatoms. The van der Waals surface area contributed by atoms with Gasteiger partial charge in [-0.2, -0.15) is 5.10 Å². The first-order valence-electron chi connectivity index (χ1n) is 8.63. The van der Waals surface area contributed by atoms with Gasteiger partial charge in [-0.3, -0.25) is 9.58 Å². The highest BCUT2D eigenvalue weighted by molar-refractivity contribution is 5.12. The van der Waals surface area contributed by atoms with E-state index in [0.29, 0.717) is 24.5 Å². The van der Waals surface area contributed by atoms with Crippen molar-refractivity contribution in [2.45, 2.75) is 71.5 Å². The number of aromatic nitrogens is 2. The zero-order valence-electron chi connectivity index (χ0n) is 14.0. The summed E-state index contributed by atoms with van der Waals surface area (Å²) >= 11 is 0. The first kappa shape index (κ1) is 16.5. The maximum absolute atomic E-state index is 6.15. The molecule has 1 saturated carbocycles. The topological polar surface area (TPSA) is 47.1 Å². The van der Waals surface area contributed by atoms with Gasteiger partial charge in [-0.25, -0.2) is 0 Å². The van der Waals surface area contributed by atoms with Crippen LogP contribution in [0.15, 0.2) is 12.4 Å². The SMILES string of the molecule is CCCn1cc(C(CN)N(CC(C)C)C2CCCC2)cn1. The van der Waals surface area contributed by atoms with Crippen molar-refractivity contribution in [2.75, 3.05) is 13.1 Å². The fourth-order valence-corrected chi connectivity index (χ4v) is 3.55. The van der Waals surface area contributed by atoms with E-state index in [9.17, 15) is 0 Å². The van der Waals surface area contributed by atoms with Crippen molar-refractivity contribution in [2.24, 2.45) is 11.7 Å². The Morgan fingerprint density at radius 2 is 2.10 bits per heavy atom. The highest BCUT2D eigenvalue weighted by Gasteiger charge is 2.30. The van der Waals surface area contributed by atoms with E-state index in [-0.39, 0.29) is 0 Å². The van der Waals surface area contributed by atoms with Crippen LogP contribution in [-0.4, -0.2) is 33.8 Å². The van der Waals surface area contributed by atoms with Crippen LogP contribution in [0.4, 0.5) is 0 Å². The minimum Gasteiger partial charge on any atom is -0.329 e. The van der Waals surface area contributed by atoms with E-state index in [1.54, 1.807) is 0 Å². The van der Waals surface area contributed by atoms with Gasteiger partial charge >= 0.3 is 0 Å². The van der Waals surface area contributed by atoms with Crippen LogP contribution in [0, 0.1) is 5.92 Å². The summed E-state index contributed by atoms with van der Waals surface area (Å²) in [6.07, 6.45) is 10.7. The van der Waals surface area contributed by atoms with Gasteiger partial charge in [0.2, 0.25) is 0 Å². The smallest absolute Gasteiger partial charge is 0.0538 e. The average Bonchev–Trinajstić information content (AvgIpc) is 3.10. The molecule has 1 fully saturated rings. The normalized spacial score (nSPS) is 18.0. The second-order valence-corrected chi connectivity index (χ2v) is 6.82. The summed E-state index contributed by atoms with van der Waals surface area (Å²) < 4.78 is 2.06. The van der Waals surface area contributed by atoms with Crippen LogP contribution in [0.5, 0.6) is 0 Å². The third-order valence-electron chi connectivity index (χ3n) is 4.48. The van der Waals surface area contributed by atoms with Gasteiger partial charge in [-0.15, -0.1) is 0 Å². The molecule has 0 aromatic carbocycles. The van der Waals surface area contributed by atoms with E-state index >= 15 is 0 Å². The van der Waals surface area contributed by atoms with Crippen molar-refractivity contribution in [3.63, 3.8) is 0 Å². The fourth-order valence-electron chi connectivity index (χ4n) is 3.55. The molecule has 120 valence electrons. The van der Waals surface area contributed by atoms with Gasteiger partial charge in [0.1, 0.15) is 0 Å². The number of hydrogen-bond acceptors (Lipinski definition) is 3. The van der Waals surface area contributed by atoms with E-state index in [4.69, 9.17) is 5.73 Å². The molecule has 1 aliphatic carbocycles. The quantitative estimate of drug-likeness (QED) is 0.800. The van der Waals surface area contributed by atoms with E-state index < -0.39 is 0 Å². The largest absolute Gasteiger partial charge is 0.329 e. The molecule has 0 bridgehead atoms. The molecule has 0 radical (unpaired) electrons. The lowest BCUT2D eigenvalue weighted by Gasteiger charge is -2.36. The van der Waals surface area contributed by atoms with Crippen molar-refractivity contribution in [1.29, 1.82) is 0 Å². The van der Waals surface area contributed by atoms with Crippen LogP contribution < -0.4 is 5.73 Å². The Hall–Kier alpha value is -0.870. The van der Waals surface area contributed by atoms with Crippen molar-refractivity contribution in [3.8, 4) is 0 Å². The number of aryl methyl sites for hydroxylation is 1. The van der Waals surface area contributed by atoms with Crippen molar-refractivity contribution in [1.82, 2.24) is 14.7 Å². The molecule has 2 N–H and O–H groups in total. The molecule has 0 aliphatic heterocycles. The molecular weight excluding hydrogens is 260 g/mol. The molecule has 1 aromatic heterocycles. The summed E-state index contributed by atoms with van der Waals surface area (Å²) in [7, 11) is 0. The Bertz CT molecular complexity index is 407. The molecule has 4 nitrogen and oxygen atoms in total. The highest BCUT2D eigenvalue weighted by atomic mass is 15.3. The van der Waals surface area contributed by atoms with Gasteiger partial charge in [0, 0.05) is 37.4 Å². The van der Waals surface area contributed by atoms with E-state index in [1.807, 2.05) is 6.20 Å². The molecule has 1 aromatic rings. The van der Waals surface area contributed by atoms with Gasteiger partial charge < -0.3 is 5.73 Å². The van der Waals surface area contributed by atoms with Gasteiger partial charge in [0.25, 0.3) is 0 Å². The molecule has 1 heterocycles. The van der Waals surface area contributed by atoms with Crippen LogP contribution in [0.1, 0.15) is 64.5 Å². The Morgan fingerprint density at radius 1 is 1.38 bits per heavy atom. The molecular formula is C17H32N4. The van der Waals surface area contributed by atoms with Crippen LogP contribution in [0.3, 0.4) is 0 Å². The number of rotatable bonds is 8. The minimum absolute atomic E-state index is 0.320. The molecule has 2 rings (SSSR count). The van der Waals surface area contributed by atoms with Gasteiger partial charge in [0.05, 0.1) is 12.2 Å². The number of nitrogens with zero attached hydrogens (tertiary/aromatic N) is 3. The Balaban J connectivity index is 2.16. The third-order valence-corrected chi connectivity index (χ3v) is 4.48. The fraction of sp³-hybridized carbons (Fsp3) is 0.824. The monoisotopic (exact) mass is 292 g/mol. The Labute approximate surface area is 129 Å². The second kappa shape index (κ2) is 7.95. The van der Waals surface area contributed by atoms with E-state index in [1.165, 1.54) is 31.2 Å². The van der Waals surface area contributed by atoms with Crippen molar-refractivity contribution < 1.29 is 0 Å². The van der Waals surface area contributed by atoms with Crippen LogP contribution in [0.25, 0.3) is 0 Å². The molecule has 21 heavy (non-hydrogen) atoms. The first-order chi connectivity index (χ1) is 10.2. The highest BCUT2D eigenvalue weighted by Crippen LogP contribution is 2.31. The Morgan fingerprint density at radius 3 is 2.67 bits per heavy atom. The van der Waals surface area contributed by atoms with Crippen molar-refractivity contribution >= 4 is 0 Å². The lowest BCUT2D eigenvalue weighted by molar-refractivity contribution is 0.121. The van der Waals surface area contributed by atoms with E-state index in [0.717, 1.165) is 19.5 Å². The molecule has 0 saturated heterocycles. The molecule has 1 unspecified atom stereocenters. The average molecular weight is 292 g/mol. The maximum Gasteiger partial charge on any atom is 0.0538 e. The lowest BCUT2D eigenvalue weighted by atomic mass is 10.0. The molecule has 0 spiro atoms. The summed E-state index contributed by atoms with van der Waals surface area (Å²) in [4.78, 5) is 2.66. The molecule has 0 amide bonds. The van der Waals surface area contributed by atoms with E-state index in [2.05, 4.69) is 41.6 Å². The summed E-state index contributed by atoms with van der Waals surface area (Å²) in [5.74, 6) is 0.672. The zero-order valence-corrected chi connectivity index (χ0v) is 14.0. The summed E-state index contributed by atoms with van der Waals surface area (Å²) in [5.41, 5.74) is 7.44. The zero-order chi connectivity index (χ0) is 15.2. The predicted molar refractivity (Wildman–Crippen MR) is 88.1 cm³/mol. The van der Waals surface area contributed by atoms with Crippen LogP contribution in [-0.2, 0) is 6.54 Å². The van der Waals surface area contributed by atoms with Gasteiger partial charge in [-0.1, -0.05) is 33.6 Å².